The summed E-state index contributed by atoms with van der Waals surface area (Å²) in [5.41, 5.74) is 1.19. The van der Waals surface area contributed by atoms with E-state index in [4.69, 9.17) is 5.11 Å². The molecule has 15 heavy (non-hydrogen) atoms. The number of rotatable bonds is 2. The highest BCUT2D eigenvalue weighted by Gasteiger charge is 2.15. The zero-order valence-corrected chi connectivity index (χ0v) is 8.21. The Morgan fingerprint density at radius 2 is 1.60 bits per heavy atom. The van der Waals surface area contributed by atoms with Crippen molar-refractivity contribution in [1.82, 2.24) is 0 Å². The quantitative estimate of drug-likeness (QED) is 0.745. The van der Waals surface area contributed by atoms with E-state index >= 15 is 0 Å². The maximum atomic E-state index is 10.7. The van der Waals surface area contributed by atoms with Gasteiger partial charge in [-0.2, -0.15) is 0 Å². The van der Waals surface area contributed by atoms with Gasteiger partial charge in [-0.3, -0.25) is 4.79 Å². The lowest BCUT2D eigenvalue weighted by molar-refractivity contribution is -0.138. The fraction of sp³-hybridized carbons (Fsp3) is 0.154. The monoisotopic (exact) mass is 200 g/mol. The Labute approximate surface area is 88.6 Å². The molecule has 2 rings (SSSR count). The van der Waals surface area contributed by atoms with Crippen LogP contribution in [0, 0.1) is 5.92 Å². The largest absolute Gasteiger partial charge is 0.481 e. The molecule has 0 unspecified atom stereocenters. The average Bonchev–Trinajstić information content (AvgIpc) is 2.30. The van der Waals surface area contributed by atoms with E-state index in [0.717, 1.165) is 0 Å². The predicted octanol–water partition coefficient (Wildman–Crippen LogP) is 2.60. The van der Waals surface area contributed by atoms with E-state index in [0.29, 0.717) is 0 Å². The third-order valence-electron chi connectivity index (χ3n) is 2.52. The average molecular weight is 200 g/mol. The molecule has 0 spiro atoms. The van der Waals surface area contributed by atoms with E-state index in [1.54, 1.807) is 12.2 Å². The molecule has 2 heteroatoms. The van der Waals surface area contributed by atoms with Crippen molar-refractivity contribution in [3.63, 3.8) is 0 Å². The molecule has 0 bridgehead atoms. The highest BCUT2D eigenvalue weighted by molar-refractivity contribution is 5.75. The van der Waals surface area contributed by atoms with Crippen LogP contribution in [-0.4, -0.2) is 11.1 Å². The third-order valence-corrected chi connectivity index (χ3v) is 2.52. The molecule has 0 aliphatic heterocycles. The molecule has 0 radical (unpaired) electrons. The van der Waals surface area contributed by atoms with E-state index in [2.05, 4.69) is 0 Å². The van der Waals surface area contributed by atoms with Crippen molar-refractivity contribution in [1.29, 1.82) is 0 Å². The van der Waals surface area contributed by atoms with Crippen LogP contribution in [0.2, 0.25) is 0 Å². The van der Waals surface area contributed by atoms with Crippen LogP contribution in [0.5, 0.6) is 0 Å². The minimum Gasteiger partial charge on any atom is -0.481 e. The minimum absolute atomic E-state index is 0.210. The highest BCUT2D eigenvalue weighted by atomic mass is 16.4. The highest BCUT2D eigenvalue weighted by Crippen LogP contribution is 2.24. The lowest BCUT2D eigenvalue weighted by Gasteiger charge is -2.14. The number of carboxylic acids is 1. The topological polar surface area (TPSA) is 37.3 Å². The van der Waals surface area contributed by atoms with Crippen LogP contribution in [0.3, 0.4) is 0 Å². The first-order chi connectivity index (χ1) is 7.27. The number of carbonyl (C=O) groups is 1. The fourth-order valence-electron chi connectivity index (χ4n) is 1.67. The maximum absolute atomic E-state index is 10.7. The molecule has 1 aliphatic rings. The first-order valence-corrected chi connectivity index (χ1v) is 4.92. The Balaban J connectivity index is 2.15. The Morgan fingerprint density at radius 1 is 1.00 bits per heavy atom. The number of benzene rings is 1. The zero-order chi connectivity index (χ0) is 10.7. The smallest absolute Gasteiger partial charge is 0.314 e. The Bertz CT molecular complexity index is 390. The van der Waals surface area contributed by atoms with Gasteiger partial charge in [0.25, 0.3) is 0 Å². The Kier molecular flexibility index (Phi) is 2.68. The molecular formula is C13H12O2. The van der Waals surface area contributed by atoms with Crippen molar-refractivity contribution in [2.75, 3.05) is 0 Å². The maximum Gasteiger partial charge on any atom is 0.314 e. The van der Waals surface area contributed by atoms with Crippen LogP contribution in [-0.2, 0) is 4.79 Å². The molecule has 0 saturated heterocycles. The SMILES string of the molecule is O=C(O)C1C=CC(c2ccccc2)C=C1. The molecule has 0 atom stereocenters. The van der Waals surface area contributed by atoms with Crippen LogP contribution in [0.25, 0.3) is 0 Å². The first kappa shape index (κ1) is 9.71. The fourth-order valence-corrected chi connectivity index (χ4v) is 1.67. The molecule has 2 nitrogen and oxygen atoms in total. The number of hydrogen-bond donors (Lipinski definition) is 1. The molecule has 0 saturated carbocycles. The van der Waals surface area contributed by atoms with Gasteiger partial charge in [0.2, 0.25) is 0 Å². The molecule has 1 aromatic carbocycles. The number of carboxylic acid groups (broad SMARTS) is 1. The number of allylic oxidation sites excluding steroid dienone is 2. The van der Waals surface area contributed by atoms with Crippen molar-refractivity contribution in [3.05, 3.63) is 60.2 Å². The van der Waals surface area contributed by atoms with Crippen LogP contribution >= 0.6 is 0 Å². The van der Waals surface area contributed by atoms with Gasteiger partial charge in [0, 0.05) is 5.92 Å². The van der Waals surface area contributed by atoms with E-state index in [1.165, 1.54) is 5.56 Å². The summed E-state index contributed by atoms with van der Waals surface area (Å²) in [5.74, 6) is -1.05. The molecule has 1 aliphatic carbocycles. The van der Waals surface area contributed by atoms with Gasteiger partial charge in [-0.1, -0.05) is 54.6 Å². The lowest BCUT2D eigenvalue weighted by atomic mass is 9.91. The van der Waals surface area contributed by atoms with Crippen LogP contribution in [0.1, 0.15) is 11.5 Å². The van der Waals surface area contributed by atoms with Gasteiger partial charge in [-0.05, 0) is 5.56 Å². The number of hydrogen-bond acceptors (Lipinski definition) is 1. The van der Waals surface area contributed by atoms with E-state index in [9.17, 15) is 4.79 Å². The third kappa shape index (κ3) is 2.15. The standard InChI is InChI=1S/C13H12O2/c14-13(15)12-8-6-11(7-9-12)10-4-2-1-3-5-10/h1-9,11-12H,(H,14,15). The van der Waals surface area contributed by atoms with E-state index in [1.807, 2.05) is 42.5 Å². The number of aliphatic carboxylic acids is 1. The second-order valence-corrected chi connectivity index (χ2v) is 3.57. The molecular weight excluding hydrogens is 188 g/mol. The van der Waals surface area contributed by atoms with E-state index < -0.39 is 11.9 Å². The second kappa shape index (κ2) is 4.13. The summed E-state index contributed by atoms with van der Waals surface area (Å²) in [6, 6.07) is 10.0. The summed E-state index contributed by atoms with van der Waals surface area (Å²) in [6.45, 7) is 0. The Hall–Kier alpha value is -1.83. The minimum atomic E-state index is -0.797. The van der Waals surface area contributed by atoms with Gasteiger partial charge >= 0.3 is 5.97 Å². The van der Waals surface area contributed by atoms with Crippen LogP contribution in [0.4, 0.5) is 0 Å². The van der Waals surface area contributed by atoms with Crippen molar-refractivity contribution >= 4 is 5.97 Å². The molecule has 76 valence electrons. The van der Waals surface area contributed by atoms with E-state index in [-0.39, 0.29) is 5.92 Å². The zero-order valence-electron chi connectivity index (χ0n) is 8.21. The summed E-state index contributed by atoms with van der Waals surface area (Å²) in [4.78, 5) is 10.7. The van der Waals surface area contributed by atoms with Gasteiger partial charge in [-0.25, -0.2) is 0 Å². The Morgan fingerprint density at radius 3 is 2.13 bits per heavy atom. The van der Waals surface area contributed by atoms with Crippen molar-refractivity contribution in [3.8, 4) is 0 Å². The molecule has 0 heterocycles. The van der Waals surface area contributed by atoms with Crippen LogP contribution in [0.15, 0.2) is 54.6 Å². The second-order valence-electron chi connectivity index (χ2n) is 3.57. The summed E-state index contributed by atoms with van der Waals surface area (Å²) < 4.78 is 0. The summed E-state index contributed by atoms with van der Waals surface area (Å²) in [6.07, 6.45) is 7.35. The van der Waals surface area contributed by atoms with Crippen molar-refractivity contribution in [2.45, 2.75) is 5.92 Å². The molecule has 1 N–H and O–H groups in total. The summed E-state index contributed by atoms with van der Waals surface area (Å²) in [7, 11) is 0. The normalized spacial score (nSPS) is 24.0. The first-order valence-electron chi connectivity index (χ1n) is 4.92. The van der Waals surface area contributed by atoms with Gasteiger partial charge in [0.15, 0.2) is 0 Å². The van der Waals surface area contributed by atoms with Gasteiger partial charge in [0.05, 0.1) is 5.92 Å². The van der Waals surface area contributed by atoms with Crippen LogP contribution < -0.4 is 0 Å². The molecule has 0 amide bonds. The van der Waals surface area contributed by atoms with Gasteiger partial charge < -0.3 is 5.11 Å². The van der Waals surface area contributed by atoms with Crippen molar-refractivity contribution in [2.24, 2.45) is 5.92 Å². The van der Waals surface area contributed by atoms with Gasteiger partial charge in [-0.15, -0.1) is 0 Å². The van der Waals surface area contributed by atoms with Gasteiger partial charge in [0.1, 0.15) is 0 Å². The lowest BCUT2D eigenvalue weighted by Crippen LogP contribution is -2.11. The summed E-state index contributed by atoms with van der Waals surface area (Å²) >= 11 is 0. The van der Waals surface area contributed by atoms with Crippen molar-refractivity contribution < 1.29 is 9.90 Å². The molecule has 0 fully saturated rings. The molecule has 0 aromatic heterocycles. The molecule has 1 aromatic rings. The predicted molar refractivity (Wildman–Crippen MR) is 58.6 cm³/mol. The summed E-state index contributed by atoms with van der Waals surface area (Å²) in [5, 5.41) is 8.79.